The molecule has 4 heteroatoms. The standard InChI is InChI=1S/C27H28N2O2/c1-4-25-24-14-13-21(19(2)3)18-26(24)29(27(30)28-25)22-10-8-9-20(17-22)15-16-31-23-11-6-5-7-12-23/h5-14,17-19H,4,15-16H2,1-3H3. The van der Waals surface area contributed by atoms with Gasteiger partial charge in [-0.3, -0.25) is 4.57 Å². The van der Waals surface area contributed by atoms with Crippen molar-refractivity contribution in [1.29, 1.82) is 0 Å². The Morgan fingerprint density at radius 2 is 1.77 bits per heavy atom. The van der Waals surface area contributed by atoms with Crippen molar-refractivity contribution in [2.45, 2.75) is 39.5 Å². The second-order valence-electron chi connectivity index (χ2n) is 8.04. The van der Waals surface area contributed by atoms with E-state index in [1.54, 1.807) is 4.57 Å². The summed E-state index contributed by atoms with van der Waals surface area (Å²) >= 11 is 0. The average molecular weight is 413 g/mol. The van der Waals surface area contributed by atoms with Gasteiger partial charge in [0.25, 0.3) is 0 Å². The summed E-state index contributed by atoms with van der Waals surface area (Å²) in [7, 11) is 0. The molecule has 0 amide bonds. The predicted molar refractivity (Wildman–Crippen MR) is 126 cm³/mol. The lowest BCUT2D eigenvalue weighted by Gasteiger charge is -2.15. The van der Waals surface area contributed by atoms with Gasteiger partial charge in [0.1, 0.15) is 5.75 Å². The van der Waals surface area contributed by atoms with Crippen LogP contribution < -0.4 is 10.4 Å². The molecule has 1 heterocycles. The summed E-state index contributed by atoms with van der Waals surface area (Å²) in [6.45, 7) is 6.95. The maximum atomic E-state index is 13.0. The predicted octanol–water partition coefficient (Wildman–Crippen LogP) is 5.69. The Hall–Kier alpha value is -3.40. The van der Waals surface area contributed by atoms with Crippen molar-refractivity contribution in [3.8, 4) is 11.4 Å². The van der Waals surface area contributed by atoms with E-state index in [0.717, 1.165) is 46.4 Å². The molecule has 3 aromatic carbocycles. The van der Waals surface area contributed by atoms with E-state index < -0.39 is 0 Å². The highest BCUT2D eigenvalue weighted by Crippen LogP contribution is 2.25. The summed E-state index contributed by atoms with van der Waals surface area (Å²) in [5, 5.41) is 1.03. The lowest BCUT2D eigenvalue weighted by Crippen LogP contribution is -2.23. The van der Waals surface area contributed by atoms with Gasteiger partial charge in [0.2, 0.25) is 0 Å². The van der Waals surface area contributed by atoms with Gasteiger partial charge in [-0.2, -0.15) is 4.98 Å². The lowest BCUT2D eigenvalue weighted by atomic mass is 10.00. The summed E-state index contributed by atoms with van der Waals surface area (Å²) in [6, 6.07) is 24.3. The molecule has 158 valence electrons. The van der Waals surface area contributed by atoms with Gasteiger partial charge in [-0.1, -0.05) is 63.2 Å². The van der Waals surface area contributed by atoms with Crippen LogP contribution in [-0.2, 0) is 12.8 Å². The first kappa shape index (κ1) is 20.9. The maximum absolute atomic E-state index is 13.0. The number of aryl methyl sites for hydroxylation is 1. The molecule has 0 aliphatic heterocycles. The van der Waals surface area contributed by atoms with Gasteiger partial charge >= 0.3 is 5.69 Å². The summed E-state index contributed by atoms with van der Waals surface area (Å²) < 4.78 is 7.58. The van der Waals surface area contributed by atoms with Gasteiger partial charge in [-0.05, 0) is 53.8 Å². The summed E-state index contributed by atoms with van der Waals surface area (Å²) in [6.07, 6.45) is 1.48. The Labute approximate surface area is 183 Å². The molecule has 4 nitrogen and oxygen atoms in total. The topological polar surface area (TPSA) is 44.1 Å². The van der Waals surface area contributed by atoms with E-state index in [4.69, 9.17) is 4.74 Å². The van der Waals surface area contributed by atoms with E-state index in [2.05, 4.69) is 49.2 Å². The van der Waals surface area contributed by atoms with Gasteiger partial charge in [-0.25, -0.2) is 4.79 Å². The molecule has 0 fully saturated rings. The number of nitrogens with zero attached hydrogens (tertiary/aromatic N) is 2. The first-order valence-electron chi connectivity index (χ1n) is 10.9. The molecule has 0 saturated heterocycles. The first-order chi connectivity index (χ1) is 15.1. The molecule has 1 aromatic heterocycles. The molecule has 0 spiro atoms. The second-order valence-corrected chi connectivity index (χ2v) is 8.04. The van der Waals surface area contributed by atoms with Crippen molar-refractivity contribution < 1.29 is 4.74 Å². The molecule has 4 rings (SSSR count). The summed E-state index contributed by atoms with van der Waals surface area (Å²) in [5.41, 5.74) is 4.69. The molecule has 0 bridgehead atoms. The van der Waals surface area contributed by atoms with E-state index in [1.807, 2.05) is 49.4 Å². The van der Waals surface area contributed by atoms with Crippen LogP contribution in [0.2, 0.25) is 0 Å². The number of fused-ring (bicyclic) bond motifs is 1. The SMILES string of the molecule is CCc1nc(=O)n(-c2cccc(CCOc3ccccc3)c2)c2cc(C(C)C)ccc12. The van der Waals surface area contributed by atoms with Gasteiger partial charge in [-0.15, -0.1) is 0 Å². The van der Waals surface area contributed by atoms with Crippen LogP contribution in [0.25, 0.3) is 16.6 Å². The highest BCUT2D eigenvalue weighted by molar-refractivity contribution is 5.83. The van der Waals surface area contributed by atoms with Crippen molar-refractivity contribution in [2.24, 2.45) is 0 Å². The minimum absolute atomic E-state index is 0.233. The average Bonchev–Trinajstić information content (AvgIpc) is 2.79. The van der Waals surface area contributed by atoms with Crippen LogP contribution in [-0.4, -0.2) is 16.2 Å². The number of hydrogen-bond acceptors (Lipinski definition) is 3. The van der Waals surface area contributed by atoms with Crippen LogP contribution in [0.1, 0.15) is 43.5 Å². The van der Waals surface area contributed by atoms with Crippen molar-refractivity contribution >= 4 is 10.9 Å². The fourth-order valence-corrected chi connectivity index (χ4v) is 3.84. The van der Waals surface area contributed by atoms with Crippen LogP contribution in [0.4, 0.5) is 0 Å². The van der Waals surface area contributed by atoms with Gasteiger partial charge in [0, 0.05) is 11.8 Å². The third kappa shape index (κ3) is 4.53. The number of para-hydroxylation sites is 1. The van der Waals surface area contributed by atoms with Crippen molar-refractivity contribution in [2.75, 3.05) is 6.61 Å². The number of aromatic nitrogens is 2. The molecular weight excluding hydrogens is 384 g/mol. The van der Waals surface area contributed by atoms with Gasteiger partial charge in [0.15, 0.2) is 0 Å². The van der Waals surface area contributed by atoms with Gasteiger partial charge in [0.05, 0.1) is 23.5 Å². The highest BCUT2D eigenvalue weighted by atomic mass is 16.5. The zero-order chi connectivity index (χ0) is 21.8. The number of benzene rings is 3. The minimum Gasteiger partial charge on any atom is -0.493 e. The highest BCUT2D eigenvalue weighted by Gasteiger charge is 2.13. The van der Waals surface area contributed by atoms with Gasteiger partial charge < -0.3 is 4.74 Å². The molecule has 0 radical (unpaired) electrons. The van der Waals surface area contributed by atoms with Crippen LogP contribution in [0, 0.1) is 0 Å². The zero-order valence-corrected chi connectivity index (χ0v) is 18.3. The largest absolute Gasteiger partial charge is 0.493 e. The normalized spacial score (nSPS) is 11.2. The number of rotatable bonds is 7. The van der Waals surface area contributed by atoms with Crippen LogP contribution in [0.5, 0.6) is 5.75 Å². The third-order valence-corrected chi connectivity index (χ3v) is 5.57. The molecule has 0 aliphatic rings. The van der Waals surface area contributed by atoms with Crippen molar-refractivity contribution in [3.63, 3.8) is 0 Å². The van der Waals surface area contributed by atoms with E-state index in [0.29, 0.717) is 12.5 Å². The number of ether oxygens (including phenoxy) is 1. The molecular formula is C27H28N2O2. The van der Waals surface area contributed by atoms with E-state index in [9.17, 15) is 4.79 Å². The molecule has 31 heavy (non-hydrogen) atoms. The summed E-state index contributed by atoms with van der Waals surface area (Å²) in [4.78, 5) is 17.4. The van der Waals surface area contributed by atoms with E-state index in [-0.39, 0.29) is 5.69 Å². The molecule has 0 atom stereocenters. The fraction of sp³-hybridized carbons (Fsp3) is 0.259. The maximum Gasteiger partial charge on any atom is 0.352 e. The Bertz CT molecular complexity index is 1240. The minimum atomic E-state index is -0.233. The van der Waals surface area contributed by atoms with Crippen molar-refractivity contribution in [1.82, 2.24) is 9.55 Å². The smallest absolute Gasteiger partial charge is 0.352 e. The Morgan fingerprint density at radius 1 is 0.968 bits per heavy atom. The van der Waals surface area contributed by atoms with Crippen LogP contribution in [0.15, 0.2) is 77.6 Å². The van der Waals surface area contributed by atoms with Crippen LogP contribution in [0.3, 0.4) is 0 Å². The lowest BCUT2D eigenvalue weighted by molar-refractivity contribution is 0.322. The Balaban J connectivity index is 1.71. The zero-order valence-electron chi connectivity index (χ0n) is 18.3. The first-order valence-corrected chi connectivity index (χ1v) is 10.9. The second kappa shape index (κ2) is 9.17. The molecule has 0 aliphatic carbocycles. The number of hydrogen-bond donors (Lipinski definition) is 0. The molecule has 0 N–H and O–H groups in total. The Morgan fingerprint density at radius 3 is 2.52 bits per heavy atom. The quantitative estimate of drug-likeness (QED) is 0.391. The molecule has 0 unspecified atom stereocenters. The summed E-state index contributed by atoms with van der Waals surface area (Å²) in [5.74, 6) is 1.24. The molecule has 4 aromatic rings. The fourth-order valence-electron chi connectivity index (χ4n) is 3.84. The van der Waals surface area contributed by atoms with E-state index in [1.165, 1.54) is 5.56 Å². The van der Waals surface area contributed by atoms with Crippen molar-refractivity contribution in [3.05, 3.63) is 100 Å². The molecule has 0 saturated carbocycles. The third-order valence-electron chi connectivity index (χ3n) is 5.57. The van der Waals surface area contributed by atoms with Crippen LogP contribution >= 0.6 is 0 Å². The van der Waals surface area contributed by atoms with E-state index >= 15 is 0 Å². The Kier molecular flexibility index (Phi) is 6.17. The monoisotopic (exact) mass is 412 g/mol.